The van der Waals surface area contributed by atoms with Crippen LogP contribution in [-0.2, 0) is 4.79 Å². The molecule has 0 aliphatic heterocycles. The van der Waals surface area contributed by atoms with Crippen molar-refractivity contribution in [3.8, 4) is 0 Å². The van der Waals surface area contributed by atoms with Gasteiger partial charge in [-0.25, -0.2) is 0 Å². The normalized spacial score (nSPS) is 11.7. The molecule has 0 atom stereocenters. The molecule has 0 aliphatic rings. The Morgan fingerprint density at radius 3 is 2.25 bits per heavy atom. The molecular formula is C10H20O2. The van der Waals surface area contributed by atoms with Crippen LogP contribution in [0.5, 0.6) is 0 Å². The van der Waals surface area contributed by atoms with Crippen LogP contribution in [0.15, 0.2) is 0 Å². The smallest absolute Gasteiger partial charge is 0.133 e. The van der Waals surface area contributed by atoms with Crippen LogP contribution < -0.4 is 0 Å². The Balaban J connectivity index is 3.44. The second-order valence-electron chi connectivity index (χ2n) is 4.43. The van der Waals surface area contributed by atoms with Gasteiger partial charge >= 0.3 is 0 Å². The van der Waals surface area contributed by atoms with E-state index in [1.807, 2.05) is 0 Å². The summed E-state index contributed by atoms with van der Waals surface area (Å²) >= 11 is 0. The average Bonchev–Trinajstić information content (AvgIpc) is 1.95. The van der Waals surface area contributed by atoms with Gasteiger partial charge in [-0.15, -0.1) is 0 Å². The summed E-state index contributed by atoms with van der Waals surface area (Å²) in [6.45, 7) is 6.52. The summed E-state index contributed by atoms with van der Waals surface area (Å²) in [5.74, 6) is 0.277. The van der Waals surface area contributed by atoms with Crippen LogP contribution in [-0.4, -0.2) is 17.5 Å². The fraction of sp³-hybridized carbons (Fsp3) is 0.900. The van der Waals surface area contributed by atoms with Crippen LogP contribution in [0.3, 0.4) is 0 Å². The van der Waals surface area contributed by atoms with E-state index in [1.54, 1.807) is 0 Å². The molecule has 0 fully saturated rings. The monoisotopic (exact) mass is 172 g/mol. The van der Waals surface area contributed by atoms with E-state index in [4.69, 9.17) is 5.11 Å². The molecule has 0 saturated heterocycles. The highest BCUT2D eigenvalue weighted by molar-refractivity contribution is 5.78. The van der Waals surface area contributed by atoms with Crippen molar-refractivity contribution >= 4 is 5.78 Å². The second-order valence-corrected chi connectivity index (χ2v) is 4.43. The van der Waals surface area contributed by atoms with Gasteiger partial charge in [-0.2, -0.15) is 0 Å². The quantitative estimate of drug-likeness (QED) is 0.690. The maximum absolute atomic E-state index is 11.1. The van der Waals surface area contributed by atoms with E-state index in [9.17, 15) is 4.79 Å². The molecule has 72 valence electrons. The molecular weight excluding hydrogens is 152 g/mol. The largest absolute Gasteiger partial charge is 0.396 e. The Labute approximate surface area is 75.0 Å². The maximum atomic E-state index is 11.1. The Kier molecular flexibility index (Phi) is 5.14. The molecule has 12 heavy (non-hydrogen) atoms. The van der Waals surface area contributed by atoms with Gasteiger partial charge in [-0.05, 0) is 18.3 Å². The van der Waals surface area contributed by atoms with Gasteiger partial charge in [0.1, 0.15) is 5.78 Å². The van der Waals surface area contributed by atoms with E-state index in [-0.39, 0.29) is 17.8 Å². The number of aliphatic hydroxyl groups is 1. The van der Waals surface area contributed by atoms with Gasteiger partial charge in [0.25, 0.3) is 0 Å². The summed E-state index contributed by atoms with van der Waals surface area (Å²) in [5.41, 5.74) is 0.245. The number of Topliss-reactive ketones (excluding diaryl/α,β-unsaturated/α-hetero) is 1. The van der Waals surface area contributed by atoms with E-state index in [0.29, 0.717) is 19.3 Å². The van der Waals surface area contributed by atoms with Gasteiger partial charge in [0, 0.05) is 19.4 Å². The fourth-order valence-corrected chi connectivity index (χ4v) is 0.916. The van der Waals surface area contributed by atoms with Crippen molar-refractivity contribution in [1.29, 1.82) is 0 Å². The van der Waals surface area contributed by atoms with Crippen molar-refractivity contribution in [2.24, 2.45) is 5.41 Å². The van der Waals surface area contributed by atoms with Crippen molar-refractivity contribution in [3.05, 3.63) is 0 Å². The maximum Gasteiger partial charge on any atom is 0.133 e. The summed E-state index contributed by atoms with van der Waals surface area (Å²) in [4.78, 5) is 11.1. The lowest BCUT2D eigenvalue weighted by Gasteiger charge is -2.16. The number of carbonyl (C=O) groups excluding carboxylic acids is 1. The lowest BCUT2D eigenvalue weighted by molar-refractivity contribution is -0.119. The molecule has 0 saturated carbocycles. The zero-order valence-corrected chi connectivity index (χ0v) is 8.39. The van der Waals surface area contributed by atoms with Crippen LogP contribution in [0.2, 0.25) is 0 Å². The van der Waals surface area contributed by atoms with Gasteiger partial charge < -0.3 is 5.11 Å². The molecule has 0 radical (unpaired) electrons. The highest BCUT2D eigenvalue weighted by atomic mass is 16.3. The zero-order valence-electron chi connectivity index (χ0n) is 8.39. The third-order valence-electron chi connectivity index (χ3n) is 1.77. The van der Waals surface area contributed by atoms with Crippen LogP contribution in [0.25, 0.3) is 0 Å². The van der Waals surface area contributed by atoms with Crippen molar-refractivity contribution in [2.75, 3.05) is 6.61 Å². The van der Waals surface area contributed by atoms with Crippen molar-refractivity contribution in [3.63, 3.8) is 0 Å². The summed E-state index contributed by atoms with van der Waals surface area (Å²) < 4.78 is 0. The Bertz CT molecular complexity index is 133. The molecule has 0 bridgehead atoms. The first kappa shape index (κ1) is 11.6. The first-order chi connectivity index (χ1) is 5.45. The van der Waals surface area contributed by atoms with Crippen LogP contribution in [0.4, 0.5) is 0 Å². The van der Waals surface area contributed by atoms with E-state index in [0.717, 1.165) is 6.42 Å². The number of carbonyl (C=O) groups is 1. The third-order valence-corrected chi connectivity index (χ3v) is 1.77. The first-order valence-corrected chi connectivity index (χ1v) is 4.58. The summed E-state index contributed by atoms with van der Waals surface area (Å²) in [6, 6.07) is 0. The van der Waals surface area contributed by atoms with Crippen molar-refractivity contribution < 1.29 is 9.90 Å². The minimum Gasteiger partial charge on any atom is -0.396 e. The van der Waals surface area contributed by atoms with Crippen LogP contribution in [0, 0.1) is 5.41 Å². The molecule has 2 nitrogen and oxygen atoms in total. The molecule has 0 unspecified atom stereocenters. The minimum atomic E-state index is 0.126. The topological polar surface area (TPSA) is 37.3 Å². The molecule has 0 amide bonds. The molecule has 0 heterocycles. The molecule has 0 spiro atoms. The predicted octanol–water partition coefficient (Wildman–Crippen LogP) is 2.15. The lowest BCUT2D eigenvalue weighted by atomic mass is 9.89. The standard InChI is InChI=1S/C10H20O2/c1-10(2,3)7-6-9(12)5-4-8-11/h11H,4-8H2,1-3H3. The highest BCUT2D eigenvalue weighted by Crippen LogP contribution is 2.21. The van der Waals surface area contributed by atoms with Gasteiger partial charge in [0.15, 0.2) is 0 Å². The van der Waals surface area contributed by atoms with Crippen LogP contribution >= 0.6 is 0 Å². The predicted molar refractivity (Wildman–Crippen MR) is 50.0 cm³/mol. The van der Waals surface area contributed by atoms with Gasteiger partial charge in [0.2, 0.25) is 0 Å². The third kappa shape index (κ3) is 7.73. The van der Waals surface area contributed by atoms with E-state index < -0.39 is 0 Å². The Morgan fingerprint density at radius 1 is 1.25 bits per heavy atom. The van der Waals surface area contributed by atoms with Gasteiger partial charge in [0.05, 0.1) is 0 Å². The molecule has 0 aromatic rings. The van der Waals surface area contributed by atoms with Crippen LogP contribution in [0.1, 0.15) is 46.5 Å². The average molecular weight is 172 g/mol. The van der Waals surface area contributed by atoms with E-state index in [1.165, 1.54) is 0 Å². The minimum absolute atomic E-state index is 0.126. The summed E-state index contributed by atoms with van der Waals surface area (Å²) in [7, 11) is 0. The number of hydrogen-bond donors (Lipinski definition) is 1. The SMILES string of the molecule is CC(C)(C)CCC(=O)CCCO. The Morgan fingerprint density at radius 2 is 1.83 bits per heavy atom. The Hall–Kier alpha value is -0.370. The molecule has 0 rings (SSSR count). The lowest BCUT2D eigenvalue weighted by Crippen LogP contribution is -2.09. The molecule has 1 N–H and O–H groups in total. The number of ketones is 1. The molecule has 0 aliphatic carbocycles. The van der Waals surface area contributed by atoms with Gasteiger partial charge in [-0.1, -0.05) is 20.8 Å². The van der Waals surface area contributed by atoms with Gasteiger partial charge in [-0.3, -0.25) is 4.79 Å². The molecule has 2 heteroatoms. The highest BCUT2D eigenvalue weighted by Gasteiger charge is 2.12. The number of rotatable bonds is 5. The first-order valence-electron chi connectivity index (χ1n) is 4.58. The fourth-order valence-electron chi connectivity index (χ4n) is 0.916. The second kappa shape index (κ2) is 5.31. The van der Waals surface area contributed by atoms with Crippen molar-refractivity contribution in [1.82, 2.24) is 0 Å². The zero-order chi connectivity index (χ0) is 9.61. The van der Waals surface area contributed by atoms with E-state index in [2.05, 4.69) is 20.8 Å². The number of hydrogen-bond acceptors (Lipinski definition) is 2. The molecule has 0 aromatic carbocycles. The van der Waals surface area contributed by atoms with E-state index >= 15 is 0 Å². The summed E-state index contributed by atoms with van der Waals surface area (Å²) in [5, 5.41) is 8.49. The summed E-state index contributed by atoms with van der Waals surface area (Å²) in [6.07, 6.45) is 2.75. The number of aliphatic hydroxyl groups excluding tert-OH is 1. The molecule has 0 aromatic heterocycles. The van der Waals surface area contributed by atoms with Crippen molar-refractivity contribution in [2.45, 2.75) is 46.5 Å².